The maximum Gasteiger partial charge on any atom is 0.233 e. The minimum Gasteiger partial charge on any atom is -0.508 e. The Hall–Kier alpha value is -2.44. The standard InChI is InChI=1S/C27H37NO5/c1-5-7-17(12-18-8-6-9-19(30)13-18)10-11-23(31)24-20(16(2)3)14-21-25(22(24)15-29)27(33)28(4)26(21)32/h6,8-9,12-13,16,21-23,25,29-31H,5,7,10-11,14-15H2,1-4H3/b17-12+/t21-,22+,23-,25-/m1/s1. The molecule has 2 aliphatic rings. The summed E-state index contributed by atoms with van der Waals surface area (Å²) >= 11 is 0. The summed E-state index contributed by atoms with van der Waals surface area (Å²) in [5.74, 6) is -1.71. The third-order valence-corrected chi connectivity index (χ3v) is 7.14. The van der Waals surface area contributed by atoms with Gasteiger partial charge in [-0.2, -0.15) is 0 Å². The number of hydrogen-bond acceptors (Lipinski definition) is 5. The molecule has 0 aromatic heterocycles. The molecular weight excluding hydrogens is 418 g/mol. The van der Waals surface area contributed by atoms with E-state index in [9.17, 15) is 24.9 Å². The highest BCUT2D eigenvalue weighted by Gasteiger charge is 2.53. The second kappa shape index (κ2) is 10.7. The molecule has 1 fully saturated rings. The highest BCUT2D eigenvalue weighted by molar-refractivity contribution is 6.05. The van der Waals surface area contributed by atoms with Crippen molar-refractivity contribution in [2.75, 3.05) is 13.7 Å². The molecule has 6 heteroatoms. The second-order valence-corrected chi connectivity index (χ2v) is 9.70. The Morgan fingerprint density at radius 1 is 1.21 bits per heavy atom. The van der Waals surface area contributed by atoms with Gasteiger partial charge in [0.05, 0.1) is 24.5 Å². The van der Waals surface area contributed by atoms with Crippen molar-refractivity contribution in [3.63, 3.8) is 0 Å². The Labute approximate surface area is 196 Å². The largest absolute Gasteiger partial charge is 0.508 e. The van der Waals surface area contributed by atoms with Crippen LogP contribution in [0.25, 0.3) is 6.08 Å². The number of aliphatic hydroxyl groups is 2. The van der Waals surface area contributed by atoms with Gasteiger partial charge in [0, 0.05) is 13.0 Å². The summed E-state index contributed by atoms with van der Waals surface area (Å²) in [6, 6.07) is 7.10. The van der Waals surface area contributed by atoms with Crippen molar-refractivity contribution in [3.05, 3.63) is 46.5 Å². The Morgan fingerprint density at radius 2 is 1.94 bits per heavy atom. The summed E-state index contributed by atoms with van der Waals surface area (Å²) in [5, 5.41) is 31.3. The smallest absolute Gasteiger partial charge is 0.233 e. The number of amides is 2. The van der Waals surface area contributed by atoms with Crippen molar-refractivity contribution in [1.82, 2.24) is 4.90 Å². The number of allylic oxidation sites excluding steroid dienone is 2. The lowest BCUT2D eigenvalue weighted by Gasteiger charge is -2.38. The molecule has 1 saturated heterocycles. The van der Waals surface area contributed by atoms with Crippen molar-refractivity contribution in [2.45, 2.75) is 59.0 Å². The average Bonchev–Trinajstić information content (AvgIpc) is 3.00. The Kier molecular flexibility index (Phi) is 8.14. The van der Waals surface area contributed by atoms with Gasteiger partial charge in [-0.1, -0.05) is 56.5 Å². The predicted octanol–water partition coefficient (Wildman–Crippen LogP) is 3.91. The number of likely N-dealkylation sites (tertiary alicyclic amines) is 1. The molecule has 0 saturated carbocycles. The highest BCUT2D eigenvalue weighted by atomic mass is 16.3. The first-order valence-electron chi connectivity index (χ1n) is 12.0. The normalized spacial score (nSPS) is 24.6. The van der Waals surface area contributed by atoms with E-state index in [1.165, 1.54) is 17.5 Å². The van der Waals surface area contributed by atoms with Gasteiger partial charge in [0.25, 0.3) is 0 Å². The van der Waals surface area contributed by atoms with Crippen LogP contribution in [0.5, 0.6) is 5.75 Å². The first-order chi connectivity index (χ1) is 15.7. The lowest BCUT2D eigenvalue weighted by atomic mass is 9.66. The van der Waals surface area contributed by atoms with Crippen LogP contribution in [0.4, 0.5) is 0 Å². The summed E-state index contributed by atoms with van der Waals surface area (Å²) < 4.78 is 0. The number of hydrogen-bond donors (Lipinski definition) is 3. The Balaban J connectivity index is 1.87. The van der Waals surface area contributed by atoms with Gasteiger partial charge in [-0.3, -0.25) is 14.5 Å². The summed E-state index contributed by atoms with van der Waals surface area (Å²) in [6.45, 7) is 5.91. The van der Waals surface area contributed by atoms with Crippen molar-refractivity contribution >= 4 is 17.9 Å². The Morgan fingerprint density at radius 3 is 2.55 bits per heavy atom. The van der Waals surface area contributed by atoms with E-state index in [-0.39, 0.29) is 30.1 Å². The van der Waals surface area contributed by atoms with Crippen molar-refractivity contribution < 1.29 is 24.9 Å². The quantitative estimate of drug-likeness (QED) is 0.387. The van der Waals surface area contributed by atoms with E-state index in [0.29, 0.717) is 19.3 Å². The number of nitrogens with zero attached hydrogens (tertiary/aromatic N) is 1. The number of carbonyl (C=O) groups excluding carboxylic acids is 2. The van der Waals surface area contributed by atoms with Crippen LogP contribution in [0.2, 0.25) is 0 Å². The molecule has 33 heavy (non-hydrogen) atoms. The van der Waals surface area contributed by atoms with Gasteiger partial charge < -0.3 is 15.3 Å². The van der Waals surface area contributed by atoms with E-state index in [1.807, 2.05) is 19.9 Å². The molecule has 1 aromatic rings. The Bertz CT molecular complexity index is 948. The molecule has 1 heterocycles. The van der Waals surface area contributed by atoms with E-state index >= 15 is 0 Å². The monoisotopic (exact) mass is 455 g/mol. The minimum absolute atomic E-state index is 0.108. The van der Waals surface area contributed by atoms with Crippen LogP contribution in [0, 0.1) is 23.7 Å². The van der Waals surface area contributed by atoms with Gasteiger partial charge >= 0.3 is 0 Å². The molecule has 180 valence electrons. The van der Waals surface area contributed by atoms with E-state index in [0.717, 1.165) is 29.6 Å². The first kappa shape index (κ1) is 25.2. The molecule has 2 amide bonds. The maximum absolute atomic E-state index is 12.8. The summed E-state index contributed by atoms with van der Waals surface area (Å²) in [4.78, 5) is 26.6. The number of phenols is 1. The van der Waals surface area contributed by atoms with E-state index in [2.05, 4.69) is 13.0 Å². The number of rotatable bonds is 9. The molecule has 4 atom stereocenters. The van der Waals surface area contributed by atoms with Crippen molar-refractivity contribution in [1.29, 1.82) is 0 Å². The predicted molar refractivity (Wildman–Crippen MR) is 128 cm³/mol. The van der Waals surface area contributed by atoms with Gasteiger partial charge in [0.2, 0.25) is 11.8 Å². The molecule has 1 aromatic carbocycles. The summed E-state index contributed by atoms with van der Waals surface area (Å²) in [6.07, 6.45) is 4.71. The van der Waals surface area contributed by atoms with Gasteiger partial charge in [-0.05, 0) is 54.9 Å². The average molecular weight is 456 g/mol. The van der Waals surface area contributed by atoms with Gasteiger partial charge in [-0.25, -0.2) is 0 Å². The molecule has 1 aliphatic carbocycles. The van der Waals surface area contributed by atoms with E-state index in [4.69, 9.17) is 0 Å². The maximum atomic E-state index is 12.8. The minimum atomic E-state index is -0.793. The van der Waals surface area contributed by atoms with E-state index in [1.54, 1.807) is 18.2 Å². The van der Waals surface area contributed by atoms with Gasteiger partial charge in [0.15, 0.2) is 0 Å². The zero-order valence-corrected chi connectivity index (χ0v) is 20.1. The fourth-order valence-corrected chi connectivity index (χ4v) is 5.52. The van der Waals surface area contributed by atoms with Crippen LogP contribution in [0.15, 0.2) is 41.0 Å². The second-order valence-electron chi connectivity index (χ2n) is 9.70. The number of aromatic hydroxyl groups is 1. The van der Waals surface area contributed by atoms with Crippen molar-refractivity contribution in [2.24, 2.45) is 23.7 Å². The van der Waals surface area contributed by atoms with Crippen LogP contribution in [0.1, 0.15) is 58.4 Å². The number of imide groups is 1. The topological polar surface area (TPSA) is 98.1 Å². The van der Waals surface area contributed by atoms with Crippen LogP contribution >= 0.6 is 0 Å². The lowest BCUT2D eigenvalue weighted by Crippen LogP contribution is -2.39. The summed E-state index contributed by atoms with van der Waals surface area (Å²) in [5.41, 5.74) is 3.84. The lowest BCUT2D eigenvalue weighted by molar-refractivity contribution is -0.138. The van der Waals surface area contributed by atoms with Crippen LogP contribution in [-0.4, -0.2) is 51.8 Å². The summed E-state index contributed by atoms with van der Waals surface area (Å²) in [7, 11) is 1.51. The molecule has 0 bridgehead atoms. The molecule has 3 N–H and O–H groups in total. The molecule has 0 radical (unpaired) electrons. The first-order valence-corrected chi connectivity index (χ1v) is 12.0. The number of benzene rings is 1. The van der Waals surface area contributed by atoms with Crippen molar-refractivity contribution in [3.8, 4) is 5.75 Å². The SMILES string of the molecule is CCC/C(=C\c1cccc(O)c1)CC[C@@H](O)C1=C(C(C)C)C[C@H]2C(=O)N(C)C(=O)[C@H]2[C@H]1CO. The van der Waals surface area contributed by atoms with Gasteiger partial charge in [0.1, 0.15) is 5.75 Å². The van der Waals surface area contributed by atoms with E-state index < -0.39 is 23.9 Å². The molecule has 1 aliphatic heterocycles. The third kappa shape index (κ3) is 5.22. The fraction of sp³-hybridized carbons (Fsp3) is 0.556. The molecule has 3 rings (SSSR count). The number of fused-ring (bicyclic) bond motifs is 1. The number of carbonyl (C=O) groups is 2. The highest BCUT2D eigenvalue weighted by Crippen LogP contribution is 2.47. The van der Waals surface area contributed by atoms with Crippen LogP contribution in [0.3, 0.4) is 0 Å². The molecular formula is C27H37NO5. The molecule has 0 unspecified atom stereocenters. The fourth-order valence-electron chi connectivity index (χ4n) is 5.52. The van der Waals surface area contributed by atoms with Crippen LogP contribution in [-0.2, 0) is 9.59 Å². The molecule has 6 nitrogen and oxygen atoms in total. The molecule has 0 spiro atoms. The number of phenolic OH excluding ortho intramolecular Hbond substituents is 1. The third-order valence-electron chi connectivity index (χ3n) is 7.14. The zero-order chi connectivity index (χ0) is 24.3. The van der Waals surface area contributed by atoms with Gasteiger partial charge in [-0.15, -0.1) is 0 Å². The number of aliphatic hydroxyl groups excluding tert-OH is 2. The van der Waals surface area contributed by atoms with Crippen LogP contribution < -0.4 is 0 Å². The zero-order valence-electron chi connectivity index (χ0n) is 20.1.